The summed E-state index contributed by atoms with van der Waals surface area (Å²) in [4.78, 5) is 0. The fourth-order valence-corrected chi connectivity index (χ4v) is 0.570. The number of unbranched alkanes of at least 4 members (excludes halogenated alkanes) is 1. The van der Waals surface area contributed by atoms with Crippen molar-refractivity contribution in [2.75, 3.05) is 6.54 Å². The first-order chi connectivity index (χ1) is 3.77. The van der Waals surface area contributed by atoms with Crippen molar-refractivity contribution in [3.8, 4) is 0 Å². The molecule has 0 spiro atoms. The van der Waals surface area contributed by atoms with Crippen LogP contribution in [0.2, 0.25) is 0 Å². The lowest BCUT2D eigenvalue weighted by Crippen LogP contribution is -2.00. The molecule has 2 heteroatoms. The molecule has 0 aromatic rings. The minimum absolute atomic E-state index is 0.651. The summed E-state index contributed by atoms with van der Waals surface area (Å²) in [6.07, 6.45) is 1.89. The van der Waals surface area contributed by atoms with Gasteiger partial charge in [-0.25, -0.2) is 4.39 Å². The van der Waals surface area contributed by atoms with Crippen molar-refractivity contribution < 1.29 is 4.39 Å². The molecule has 8 heavy (non-hydrogen) atoms. The predicted octanol–water partition coefficient (Wildman–Crippen LogP) is 1.47. The summed E-state index contributed by atoms with van der Waals surface area (Å²) in [7, 11) is 0. The van der Waals surface area contributed by atoms with E-state index in [-0.39, 0.29) is 0 Å². The van der Waals surface area contributed by atoms with Crippen LogP contribution in [-0.2, 0) is 0 Å². The third-order valence-electron chi connectivity index (χ3n) is 1.06. The Hall–Kier alpha value is -0.110. The average molecular weight is 119 g/mol. The summed E-state index contributed by atoms with van der Waals surface area (Å²) < 4.78 is 12.0. The van der Waals surface area contributed by atoms with Gasteiger partial charge in [0.1, 0.15) is 0 Å². The molecule has 1 nitrogen and oxygen atoms in total. The third-order valence-corrected chi connectivity index (χ3v) is 1.06. The number of halogens is 1. The zero-order chi connectivity index (χ0) is 6.41. The fraction of sp³-hybridized carbons (Fsp3) is 1.00. The molecule has 0 heterocycles. The maximum absolute atomic E-state index is 12.0. The van der Waals surface area contributed by atoms with Gasteiger partial charge in [0, 0.05) is 0 Å². The molecule has 0 radical (unpaired) electrons. The zero-order valence-electron chi connectivity index (χ0n) is 5.36. The lowest BCUT2D eigenvalue weighted by molar-refractivity contribution is 0.332. The second kappa shape index (κ2) is 5.04. The van der Waals surface area contributed by atoms with E-state index in [0.717, 1.165) is 12.8 Å². The molecule has 0 saturated carbocycles. The molecular weight excluding hydrogens is 105 g/mol. The SMILES string of the molecule is CC(F)CCCCN. The molecule has 0 fully saturated rings. The summed E-state index contributed by atoms with van der Waals surface area (Å²) in [5, 5.41) is 0. The summed E-state index contributed by atoms with van der Waals surface area (Å²) in [6.45, 7) is 2.27. The molecule has 0 bridgehead atoms. The van der Waals surface area contributed by atoms with Crippen LogP contribution in [-0.4, -0.2) is 12.7 Å². The first-order valence-electron chi connectivity index (χ1n) is 3.11. The highest BCUT2D eigenvalue weighted by atomic mass is 19.1. The second-order valence-electron chi connectivity index (χ2n) is 2.07. The summed E-state index contributed by atoms with van der Waals surface area (Å²) >= 11 is 0. The quantitative estimate of drug-likeness (QED) is 0.557. The highest BCUT2D eigenvalue weighted by molar-refractivity contribution is 4.47. The van der Waals surface area contributed by atoms with E-state index in [0.29, 0.717) is 13.0 Å². The second-order valence-corrected chi connectivity index (χ2v) is 2.07. The van der Waals surface area contributed by atoms with E-state index < -0.39 is 6.17 Å². The van der Waals surface area contributed by atoms with Crippen molar-refractivity contribution in [1.82, 2.24) is 0 Å². The smallest absolute Gasteiger partial charge is 0.0973 e. The third kappa shape index (κ3) is 5.89. The van der Waals surface area contributed by atoms with E-state index in [4.69, 9.17) is 5.73 Å². The van der Waals surface area contributed by atoms with E-state index in [9.17, 15) is 4.39 Å². The number of hydrogen-bond donors (Lipinski definition) is 1. The first kappa shape index (κ1) is 7.89. The van der Waals surface area contributed by atoms with Crippen LogP contribution >= 0.6 is 0 Å². The van der Waals surface area contributed by atoms with Crippen LogP contribution in [0.1, 0.15) is 26.2 Å². The molecule has 0 rings (SSSR count). The van der Waals surface area contributed by atoms with Crippen LogP contribution in [0.4, 0.5) is 4.39 Å². The van der Waals surface area contributed by atoms with Gasteiger partial charge in [0.25, 0.3) is 0 Å². The van der Waals surface area contributed by atoms with Gasteiger partial charge < -0.3 is 5.73 Å². The lowest BCUT2D eigenvalue weighted by atomic mass is 10.2. The van der Waals surface area contributed by atoms with Crippen molar-refractivity contribution in [2.45, 2.75) is 32.4 Å². The largest absolute Gasteiger partial charge is 0.330 e. The Kier molecular flexibility index (Phi) is 4.97. The molecule has 0 amide bonds. The maximum Gasteiger partial charge on any atom is 0.0973 e. The van der Waals surface area contributed by atoms with Crippen molar-refractivity contribution >= 4 is 0 Å². The molecule has 1 atom stereocenters. The minimum Gasteiger partial charge on any atom is -0.330 e. The van der Waals surface area contributed by atoms with Gasteiger partial charge in [-0.2, -0.15) is 0 Å². The van der Waals surface area contributed by atoms with Crippen molar-refractivity contribution in [1.29, 1.82) is 0 Å². The standard InChI is InChI=1S/C6H14FN/c1-6(7)4-2-3-5-8/h6H,2-5,8H2,1H3. The van der Waals surface area contributed by atoms with Crippen molar-refractivity contribution in [2.24, 2.45) is 5.73 Å². The Morgan fingerprint density at radius 2 is 2.12 bits per heavy atom. The van der Waals surface area contributed by atoms with Crippen LogP contribution in [0.3, 0.4) is 0 Å². The predicted molar refractivity (Wildman–Crippen MR) is 33.5 cm³/mol. The van der Waals surface area contributed by atoms with Crippen LogP contribution < -0.4 is 5.73 Å². The number of nitrogens with two attached hydrogens (primary N) is 1. The molecule has 1 unspecified atom stereocenters. The molecule has 0 aromatic heterocycles. The number of alkyl halides is 1. The minimum atomic E-state index is -0.651. The van der Waals surface area contributed by atoms with Gasteiger partial charge in [0.15, 0.2) is 0 Å². The Morgan fingerprint density at radius 1 is 1.50 bits per heavy atom. The molecule has 2 N–H and O–H groups in total. The van der Waals surface area contributed by atoms with E-state index >= 15 is 0 Å². The maximum atomic E-state index is 12.0. The van der Waals surface area contributed by atoms with Gasteiger partial charge in [-0.15, -0.1) is 0 Å². The highest BCUT2D eigenvalue weighted by Crippen LogP contribution is 2.01. The molecular formula is C6H14FN. The van der Waals surface area contributed by atoms with Gasteiger partial charge in [-0.05, 0) is 32.7 Å². The van der Waals surface area contributed by atoms with Crippen LogP contribution in [0.25, 0.3) is 0 Å². The molecule has 0 aliphatic carbocycles. The van der Waals surface area contributed by atoms with Gasteiger partial charge in [0.2, 0.25) is 0 Å². The van der Waals surface area contributed by atoms with Gasteiger partial charge >= 0.3 is 0 Å². The van der Waals surface area contributed by atoms with E-state index in [1.54, 1.807) is 6.92 Å². The normalized spacial score (nSPS) is 13.9. The Balaban J connectivity index is 2.72. The van der Waals surface area contributed by atoms with Gasteiger partial charge in [-0.1, -0.05) is 0 Å². The monoisotopic (exact) mass is 119 g/mol. The number of rotatable bonds is 4. The van der Waals surface area contributed by atoms with Crippen LogP contribution in [0, 0.1) is 0 Å². The zero-order valence-corrected chi connectivity index (χ0v) is 5.36. The van der Waals surface area contributed by atoms with Gasteiger partial charge in [-0.3, -0.25) is 0 Å². The molecule has 0 saturated heterocycles. The molecule has 50 valence electrons. The summed E-state index contributed by atoms with van der Waals surface area (Å²) in [5.41, 5.74) is 5.19. The van der Waals surface area contributed by atoms with Crippen LogP contribution in [0.15, 0.2) is 0 Å². The molecule has 0 aliphatic heterocycles. The van der Waals surface area contributed by atoms with Crippen molar-refractivity contribution in [3.05, 3.63) is 0 Å². The van der Waals surface area contributed by atoms with E-state index in [1.807, 2.05) is 0 Å². The fourth-order valence-electron chi connectivity index (χ4n) is 0.570. The molecule has 0 aliphatic rings. The van der Waals surface area contributed by atoms with E-state index in [2.05, 4.69) is 0 Å². The average Bonchev–Trinajstić information content (AvgIpc) is 1.66. The van der Waals surface area contributed by atoms with E-state index in [1.165, 1.54) is 0 Å². The van der Waals surface area contributed by atoms with Crippen molar-refractivity contribution in [3.63, 3.8) is 0 Å². The Morgan fingerprint density at radius 3 is 2.50 bits per heavy atom. The van der Waals surface area contributed by atoms with Crippen LogP contribution in [0.5, 0.6) is 0 Å². The van der Waals surface area contributed by atoms with Gasteiger partial charge in [0.05, 0.1) is 6.17 Å². The Bertz CT molecular complexity index is 45.8. The lowest BCUT2D eigenvalue weighted by Gasteiger charge is -1.97. The summed E-state index contributed by atoms with van der Waals surface area (Å²) in [5.74, 6) is 0. The topological polar surface area (TPSA) is 26.0 Å². The summed E-state index contributed by atoms with van der Waals surface area (Å²) in [6, 6.07) is 0. The molecule has 0 aromatic carbocycles. The number of hydrogen-bond acceptors (Lipinski definition) is 1. The highest BCUT2D eigenvalue weighted by Gasteiger charge is 1.94. The Labute approximate surface area is 50.1 Å². The first-order valence-corrected chi connectivity index (χ1v) is 3.11.